The van der Waals surface area contributed by atoms with Gasteiger partial charge in [0, 0.05) is 6.07 Å². The molecular weight excluding hydrogens is 286 g/mol. The Hall–Kier alpha value is -1.85. The monoisotopic (exact) mass is 305 g/mol. The van der Waals surface area contributed by atoms with Gasteiger partial charge in [-0.05, 0) is 50.5 Å². The van der Waals surface area contributed by atoms with E-state index in [4.69, 9.17) is 9.88 Å². The van der Waals surface area contributed by atoms with Crippen LogP contribution in [0.15, 0.2) is 35.2 Å². The number of sulfonamides is 1. The molecule has 0 aromatic heterocycles. The molecule has 21 heavy (non-hydrogen) atoms. The summed E-state index contributed by atoms with van der Waals surface area (Å²) in [4.78, 5) is 0.0856. The van der Waals surface area contributed by atoms with E-state index in [0.29, 0.717) is 11.3 Å². The molecule has 2 N–H and O–H groups in total. The molecule has 0 spiro atoms. The fraction of sp³-hybridized carbons (Fsp3) is 0.250. The molecule has 2 aromatic rings. The minimum Gasteiger partial charge on any atom is -0.457 e. The second-order valence-electron chi connectivity index (χ2n) is 5.30. The SMILES string of the molecule is Cc1cc(C)c(Oc2ccc(C)c(S(N)(=O)=O)c2)c(C)c1. The van der Waals surface area contributed by atoms with E-state index in [0.717, 1.165) is 22.4 Å². The number of nitrogens with two attached hydrogens (primary N) is 1. The van der Waals surface area contributed by atoms with Crippen molar-refractivity contribution in [2.45, 2.75) is 32.6 Å². The standard InChI is InChI=1S/C16H19NO3S/c1-10-7-12(3)16(13(4)8-10)20-14-6-5-11(2)15(9-14)21(17,18)19/h5-9H,1-4H3,(H2,17,18,19). The Bertz CT molecular complexity index is 772. The topological polar surface area (TPSA) is 69.4 Å². The van der Waals surface area contributed by atoms with Crippen LogP contribution in [0.4, 0.5) is 0 Å². The zero-order chi connectivity index (χ0) is 15.8. The quantitative estimate of drug-likeness (QED) is 0.945. The largest absolute Gasteiger partial charge is 0.457 e. The molecule has 2 rings (SSSR count). The molecule has 0 saturated heterocycles. The van der Waals surface area contributed by atoms with Crippen LogP contribution in [0.2, 0.25) is 0 Å². The lowest BCUT2D eigenvalue weighted by Gasteiger charge is -2.14. The average molecular weight is 305 g/mol. The molecule has 0 atom stereocenters. The van der Waals surface area contributed by atoms with Crippen molar-refractivity contribution in [3.8, 4) is 11.5 Å². The Labute approximate surface area is 125 Å². The van der Waals surface area contributed by atoms with E-state index < -0.39 is 10.0 Å². The number of hydrogen-bond donors (Lipinski definition) is 1. The van der Waals surface area contributed by atoms with Crippen LogP contribution < -0.4 is 9.88 Å². The van der Waals surface area contributed by atoms with Gasteiger partial charge in [0.25, 0.3) is 0 Å². The molecule has 0 heterocycles. The van der Waals surface area contributed by atoms with E-state index in [-0.39, 0.29) is 4.90 Å². The second-order valence-corrected chi connectivity index (χ2v) is 6.83. The molecule has 0 aliphatic heterocycles. The number of ether oxygens (including phenoxy) is 1. The molecule has 4 nitrogen and oxygen atoms in total. The summed E-state index contributed by atoms with van der Waals surface area (Å²) in [6, 6.07) is 8.94. The van der Waals surface area contributed by atoms with Gasteiger partial charge in [0.05, 0.1) is 4.90 Å². The zero-order valence-electron chi connectivity index (χ0n) is 12.6. The molecule has 0 radical (unpaired) electrons. The Morgan fingerprint density at radius 3 is 2.00 bits per heavy atom. The third kappa shape index (κ3) is 3.43. The lowest BCUT2D eigenvalue weighted by molar-refractivity contribution is 0.473. The van der Waals surface area contributed by atoms with Gasteiger partial charge in [0.15, 0.2) is 0 Å². The van der Waals surface area contributed by atoms with Gasteiger partial charge >= 0.3 is 0 Å². The minimum absolute atomic E-state index is 0.0856. The molecule has 0 bridgehead atoms. The number of rotatable bonds is 3. The van der Waals surface area contributed by atoms with E-state index >= 15 is 0 Å². The van der Waals surface area contributed by atoms with Gasteiger partial charge in [0.2, 0.25) is 10.0 Å². The number of benzene rings is 2. The van der Waals surface area contributed by atoms with E-state index in [9.17, 15) is 8.42 Å². The fourth-order valence-electron chi connectivity index (χ4n) is 2.40. The molecule has 112 valence electrons. The molecule has 0 aliphatic carbocycles. The third-order valence-electron chi connectivity index (χ3n) is 3.29. The van der Waals surface area contributed by atoms with E-state index in [1.54, 1.807) is 19.1 Å². The Balaban J connectivity index is 2.47. The lowest BCUT2D eigenvalue weighted by atomic mass is 10.1. The van der Waals surface area contributed by atoms with Crippen molar-refractivity contribution < 1.29 is 13.2 Å². The highest BCUT2D eigenvalue weighted by Gasteiger charge is 2.14. The van der Waals surface area contributed by atoms with E-state index in [2.05, 4.69) is 0 Å². The van der Waals surface area contributed by atoms with Crippen molar-refractivity contribution >= 4 is 10.0 Å². The first-order valence-corrected chi connectivity index (χ1v) is 8.12. The fourth-order valence-corrected chi connectivity index (χ4v) is 3.19. The number of aryl methyl sites for hydroxylation is 4. The van der Waals surface area contributed by atoms with Crippen LogP contribution in [-0.2, 0) is 10.0 Å². The summed E-state index contributed by atoms with van der Waals surface area (Å²) in [7, 11) is -3.76. The highest BCUT2D eigenvalue weighted by molar-refractivity contribution is 7.89. The van der Waals surface area contributed by atoms with Crippen LogP contribution in [0.1, 0.15) is 22.3 Å². The van der Waals surface area contributed by atoms with Crippen molar-refractivity contribution in [2.75, 3.05) is 0 Å². The molecule has 0 unspecified atom stereocenters. The van der Waals surface area contributed by atoms with E-state index in [1.807, 2.05) is 32.9 Å². The first kappa shape index (κ1) is 15.5. The smallest absolute Gasteiger partial charge is 0.238 e. The maximum absolute atomic E-state index is 11.6. The molecule has 0 fully saturated rings. The van der Waals surface area contributed by atoms with Crippen LogP contribution >= 0.6 is 0 Å². The predicted octanol–water partition coefficient (Wildman–Crippen LogP) is 3.36. The van der Waals surface area contributed by atoms with Crippen LogP contribution in [-0.4, -0.2) is 8.42 Å². The van der Waals surface area contributed by atoms with Crippen molar-refractivity contribution in [3.05, 3.63) is 52.6 Å². The summed E-state index contributed by atoms with van der Waals surface area (Å²) in [5.41, 5.74) is 3.77. The summed E-state index contributed by atoms with van der Waals surface area (Å²) in [6.07, 6.45) is 0. The molecule has 0 aliphatic rings. The molecular formula is C16H19NO3S. The van der Waals surface area contributed by atoms with Crippen molar-refractivity contribution in [1.29, 1.82) is 0 Å². The summed E-state index contributed by atoms with van der Waals surface area (Å²) < 4.78 is 29.0. The Kier molecular flexibility index (Phi) is 4.07. The summed E-state index contributed by atoms with van der Waals surface area (Å²) in [5.74, 6) is 1.20. The van der Waals surface area contributed by atoms with Crippen LogP contribution in [0.5, 0.6) is 11.5 Å². The van der Waals surface area contributed by atoms with Gasteiger partial charge in [0.1, 0.15) is 11.5 Å². The second kappa shape index (κ2) is 5.50. The summed E-state index contributed by atoms with van der Waals surface area (Å²) in [5, 5.41) is 5.22. The Morgan fingerprint density at radius 1 is 0.905 bits per heavy atom. The van der Waals surface area contributed by atoms with Crippen LogP contribution in [0.25, 0.3) is 0 Å². The number of hydrogen-bond acceptors (Lipinski definition) is 3. The van der Waals surface area contributed by atoms with Crippen molar-refractivity contribution in [2.24, 2.45) is 5.14 Å². The van der Waals surface area contributed by atoms with Gasteiger partial charge in [-0.15, -0.1) is 0 Å². The van der Waals surface area contributed by atoms with Crippen molar-refractivity contribution in [3.63, 3.8) is 0 Å². The summed E-state index contributed by atoms with van der Waals surface area (Å²) in [6.45, 7) is 7.65. The van der Waals surface area contributed by atoms with Gasteiger partial charge in [-0.2, -0.15) is 0 Å². The molecule has 0 saturated carbocycles. The molecule has 5 heteroatoms. The predicted molar refractivity (Wildman–Crippen MR) is 83.3 cm³/mol. The van der Waals surface area contributed by atoms with Crippen LogP contribution in [0.3, 0.4) is 0 Å². The van der Waals surface area contributed by atoms with Crippen LogP contribution in [0, 0.1) is 27.7 Å². The minimum atomic E-state index is -3.76. The first-order chi connectivity index (χ1) is 9.68. The Morgan fingerprint density at radius 2 is 1.48 bits per heavy atom. The number of primary sulfonamides is 1. The third-order valence-corrected chi connectivity index (χ3v) is 4.34. The highest BCUT2D eigenvalue weighted by Crippen LogP contribution is 2.31. The van der Waals surface area contributed by atoms with Gasteiger partial charge in [-0.25, -0.2) is 13.6 Å². The normalized spacial score (nSPS) is 11.5. The van der Waals surface area contributed by atoms with E-state index in [1.165, 1.54) is 6.07 Å². The lowest BCUT2D eigenvalue weighted by Crippen LogP contribution is -2.13. The maximum Gasteiger partial charge on any atom is 0.238 e. The van der Waals surface area contributed by atoms with Gasteiger partial charge in [-0.3, -0.25) is 0 Å². The van der Waals surface area contributed by atoms with Gasteiger partial charge < -0.3 is 4.74 Å². The average Bonchev–Trinajstić information content (AvgIpc) is 2.34. The van der Waals surface area contributed by atoms with Crippen molar-refractivity contribution in [1.82, 2.24) is 0 Å². The molecule has 2 aromatic carbocycles. The van der Waals surface area contributed by atoms with Gasteiger partial charge in [-0.1, -0.05) is 23.8 Å². The summed E-state index contributed by atoms with van der Waals surface area (Å²) >= 11 is 0. The first-order valence-electron chi connectivity index (χ1n) is 6.57. The highest BCUT2D eigenvalue weighted by atomic mass is 32.2. The zero-order valence-corrected chi connectivity index (χ0v) is 13.4. The maximum atomic E-state index is 11.6. The molecule has 0 amide bonds.